The lowest BCUT2D eigenvalue weighted by molar-refractivity contribution is -0.147. The molecule has 0 saturated carbocycles. The largest absolute Gasteiger partial charge is 0.468 e. The molecule has 0 aromatic carbocycles. The standard InChI is InChI=1S/C13H25NO3/c1-5-6-7-10(12(16)17-4)14-8-11(15)13(2,3)9-14/h10-11,15H,5-9H2,1-4H3/t10-,11+/m1/s1. The first-order valence-electron chi connectivity index (χ1n) is 6.42. The molecule has 0 aromatic heterocycles. The van der Waals surface area contributed by atoms with E-state index in [0.29, 0.717) is 6.54 Å². The highest BCUT2D eigenvalue weighted by atomic mass is 16.5. The maximum Gasteiger partial charge on any atom is 0.323 e. The van der Waals surface area contributed by atoms with Crippen molar-refractivity contribution in [3.63, 3.8) is 0 Å². The van der Waals surface area contributed by atoms with Crippen LogP contribution in [0, 0.1) is 5.41 Å². The van der Waals surface area contributed by atoms with Gasteiger partial charge >= 0.3 is 5.97 Å². The summed E-state index contributed by atoms with van der Waals surface area (Å²) in [6, 6.07) is -0.198. The number of nitrogens with zero attached hydrogens (tertiary/aromatic N) is 1. The summed E-state index contributed by atoms with van der Waals surface area (Å²) in [6.45, 7) is 7.49. The van der Waals surface area contributed by atoms with Crippen LogP contribution in [0.3, 0.4) is 0 Å². The van der Waals surface area contributed by atoms with E-state index in [9.17, 15) is 9.90 Å². The van der Waals surface area contributed by atoms with Crippen molar-refractivity contribution in [2.75, 3.05) is 20.2 Å². The molecule has 0 unspecified atom stereocenters. The van der Waals surface area contributed by atoms with Crippen LogP contribution in [0.4, 0.5) is 0 Å². The molecule has 0 amide bonds. The van der Waals surface area contributed by atoms with Crippen molar-refractivity contribution < 1.29 is 14.6 Å². The average Bonchev–Trinajstić information content (AvgIpc) is 2.53. The Kier molecular flexibility index (Phi) is 4.95. The normalized spacial score (nSPS) is 25.8. The van der Waals surface area contributed by atoms with E-state index in [1.165, 1.54) is 7.11 Å². The number of unbranched alkanes of at least 4 members (excludes halogenated alkanes) is 1. The van der Waals surface area contributed by atoms with Gasteiger partial charge in [-0.2, -0.15) is 0 Å². The van der Waals surface area contributed by atoms with Gasteiger partial charge in [-0.15, -0.1) is 0 Å². The summed E-state index contributed by atoms with van der Waals surface area (Å²) >= 11 is 0. The lowest BCUT2D eigenvalue weighted by atomic mass is 9.90. The van der Waals surface area contributed by atoms with E-state index in [-0.39, 0.29) is 23.5 Å². The number of esters is 1. The van der Waals surface area contributed by atoms with Gasteiger partial charge in [-0.3, -0.25) is 9.69 Å². The number of ether oxygens (including phenoxy) is 1. The van der Waals surface area contributed by atoms with E-state index < -0.39 is 0 Å². The van der Waals surface area contributed by atoms with E-state index in [4.69, 9.17) is 4.74 Å². The highest BCUT2D eigenvalue weighted by Crippen LogP contribution is 2.31. The Morgan fingerprint density at radius 2 is 2.24 bits per heavy atom. The van der Waals surface area contributed by atoms with Gasteiger partial charge < -0.3 is 9.84 Å². The minimum Gasteiger partial charge on any atom is -0.468 e. The summed E-state index contributed by atoms with van der Waals surface area (Å²) < 4.78 is 4.86. The van der Waals surface area contributed by atoms with Crippen molar-refractivity contribution in [1.29, 1.82) is 0 Å². The van der Waals surface area contributed by atoms with Gasteiger partial charge in [0.05, 0.1) is 13.2 Å². The molecule has 0 bridgehead atoms. The Bertz CT molecular complexity index is 265. The van der Waals surface area contributed by atoms with Gasteiger partial charge in [-0.1, -0.05) is 33.6 Å². The molecular formula is C13H25NO3. The Balaban J connectivity index is 2.68. The summed E-state index contributed by atoms with van der Waals surface area (Å²) in [4.78, 5) is 13.8. The molecule has 0 spiro atoms. The number of carbonyl (C=O) groups is 1. The Hall–Kier alpha value is -0.610. The molecule has 1 saturated heterocycles. The van der Waals surface area contributed by atoms with Crippen LogP contribution < -0.4 is 0 Å². The zero-order valence-electron chi connectivity index (χ0n) is 11.4. The number of aliphatic hydroxyl groups is 1. The second-order valence-electron chi connectivity index (χ2n) is 5.62. The fraction of sp³-hybridized carbons (Fsp3) is 0.923. The first-order chi connectivity index (χ1) is 7.92. The lowest BCUT2D eigenvalue weighted by Gasteiger charge is -2.26. The molecule has 1 fully saturated rings. The molecular weight excluding hydrogens is 218 g/mol. The number of carbonyl (C=O) groups excluding carboxylic acids is 1. The number of rotatable bonds is 5. The zero-order chi connectivity index (χ0) is 13.1. The molecule has 17 heavy (non-hydrogen) atoms. The summed E-state index contributed by atoms with van der Waals surface area (Å²) in [5.41, 5.74) is -0.140. The summed E-state index contributed by atoms with van der Waals surface area (Å²) in [6.07, 6.45) is 2.52. The molecule has 0 aliphatic carbocycles. The average molecular weight is 243 g/mol. The highest BCUT2D eigenvalue weighted by molar-refractivity contribution is 5.75. The Morgan fingerprint density at radius 1 is 1.59 bits per heavy atom. The topological polar surface area (TPSA) is 49.8 Å². The third-order valence-corrected chi connectivity index (χ3v) is 3.67. The van der Waals surface area contributed by atoms with Crippen molar-refractivity contribution in [3.8, 4) is 0 Å². The Labute approximate surface area is 104 Å². The second-order valence-corrected chi connectivity index (χ2v) is 5.62. The lowest BCUT2D eigenvalue weighted by Crippen LogP contribution is -2.41. The molecule has 4 nitrogen and oxygen atoms in total. The van der Waals surface area contributed by atoms with E-state index in [0.717, 1.165) is 25.8 Å². The van der Waals surface area contributed by atoms with Crippen molar-refractivity contribution in [2.45, 2.75) is 52.2 Å². The van der Waals surface area contributed by atoms with E-state index in [1.807, 2.05) is 13.8 Å². The minimum atomic E-state index is -0.365. The quantitative estimate of drug-likeness (QED) is 0.742. The fourth-order valence-electron chi connectivity index (χ4n) is 2.38. The molecule has 100 valence electrons. The van der Waals surface area contributed by atoms with Crippen LogP contribution in [-0.2, 0) is 9.53 Å². The first-order valence-corrected chi connectivity index (χ1v) is 6.42. The number of hydrogen-bond acceptors (Lipinski definition) is 4. The number of methoxy groups -OCH3 is 1. The van der Waals surface area contributed by atoms with Crippen LogP contribution in [0.5, 0.6) is 0 Å². The fourth-order valence-corrected chi connectivity index (χ4v) is 2.38. The van der Waals surface area contributed by atoms with Gasteiger partial charge in [-0.05, 0) is 6.42 Å². The predicted octanol–water partition coefficient (Wildman–Crippen LogP) is 1.42. The van der Waals surface area contributed by atoms with Gasteiger partial charge in [0, 0.05) is 18.5 Å². The molecule has 1 aliphatic heterocycles. The Morgan fingerprint density at radius 3 is 2.65 bits per heavy atom. The predicted molar refractivity (Wildman–Crippen MR) is 66.7 cm³/mol. The maximum atomic E-state index is 11.8. The van der Waals surface area contributed by atoms with Crippen molar-refractivity contribution in [1.82, 2.24) is 4.90 Å². The molecule has 1 rings (SSSR count). The van der Waals surface area contributed by atoms with E-state index in [2.05, 4.69) is 11.8 Å². The van der Waals surface area contributed by atoms with Crippen LogP contribution in [0.1, 0.15) is 40.0 Å². The monoisotopic (exact) mass is 243 g/mol. The number of likely N-dealkylation sites (tertiary alicyclic amines) is 1. The minimum absolute atomic E-state index is 0.140. The van der Waals surface area contributed by atoms with Crippen LogP contribution >= 0.6 is 0 Å². The zero-order valence-corrected chi connectivity index (χ0v) is 11.4. The van der Waals surface area contributed by atoms with E-state index in [1.54, 1.807) is 0 Å². The number of hydrogen-bond donors (Lipinski definition) is 1. The molecule has 0 radical (unpaired) electrons. The van der Waals surface area contributed by atoms with Gasteiger partial charge in [0.15, 0.2) is 0 Å². The highest BCUT2D eigenvalue weighted by Gasteiger charge is 2.42. The van der Waals surface area contributed by atoms with Crippen molar-refractivity contribution in [2.24, 2.45) is 5.41 Å². The van der Waals surface area contributed by atoms with Crippen LogP contribution in [0.25, 0.3) is 0 Å². The number of β-amino-alcohol motifs (C(OH)–C–C–N with tert-alkyl or cyclic N) is 1. The van der Waals surface area contributed by atoms with Gasteiger partial charge in [-0.25, -0.2) is 0 Å². The molecule has 0 aromatic rings. The smallest absolute Gasteiger partial charge is 0.323 e. The van der Waals surface area contributed by atoms with E-state index >= 15 is 0 Å². The SMILES string of the molecule is CCCC[C@H](C(=O)OC)N1C[C@H](O)C(C)(C)C1. The maximum absolute atomic E-state index is 11.8. The molecule has 1 N–H and O–H groups in total. The molecule has 4 heteroatoms. The number of aliphatic hydroxyl groups excluding tert-OH is 1. The second kappa shape index (κ2) is 5.83. The van der Waals surface area contributed by atoms with Crippen molar-refractivity contribution >= 4 is 5.97 Å². The molecule has 1 aliphatic rings. The molecule has 2 atom stereocenters. The third kappa shape index (κ3) is 3.42. The summed E-state index contributed by atoms with van der Waals surface area (Å²) in [5, 5.41) is 9.96. The van der Waals surface area contributed by atoms with Gasteiger partial charge in [0.1, 0.15) is 6.04 Å². The van der Waals surface area contributed by atoms with Crippen molar-refractivity contribution in [3.05, 3.63) is 0 Å². The third-order valence-electron chi connectivity index (χ3n) is 3.67. The first kappa shape index (κ1) is 14.5. The van der Waals surface area contributed by atoms with Gasteiger partial charge in [0.25, 0.3) is 0 Å². The van der Waals surface area contributed by atoms with Gasteiger partial charge in [0.2, 0.25) is 0 Å². The van der Waals surface area contributed by atoms with Crippen LogP contribution in [0.15, 0.2) is 0 Å². The van der Waals surface area contributed by atoms with Crippen LogP contribution in [0.2, 0.25) is 0 Å². The van der Waals surface area contributed by atoms with Crippen LogP contribution in [-0.4, -0.2) is 48.3 Å². The molecule has 1 heterocycles. The summed E-state index contributed by atoms with van der Waals surface area (Å²) in [7, 11) is 1.43. The summed E-state index contributed by atoms with van der Waals surface area (Å²) in [5.74, 6) is -0.177.